The number of ether oxygens (including phenoxy) is 2. The molecule has 1 aliphatic rings. The van der Waals surface area contributed by atoms with Crippen LogP contribution in [0.1, 0.15) is 16.3 Å². The molecule has 2 N–H and O–H groups in total. The standard InChI is InChI=1S/C13H15N3O3/c1-18-11(17)10-9-4-2-3-5-16(9)12(15-10)13(6-14)7-19-8-13/h2-5H,6-8,14H2,1H3. The van der Waals surface area contributed by atoms with Gasteiger partial charge in [0, 0.05) is 12.7 Å². The third-order valence-electron chi connectivity index (χ3n) is 3.55. The van der Waals surface area contributed by atoms with Crippen LogP contribution in [0, 0.1) is 0 Å². The van der Waals surface area contributed by atoms with Crippen molar-refractivity contribution in [2.75, 3.05) is 26.9 Å². The lowest BCUT2D eigenvalue weighted by atomic mass is 9.85. The fraction of sp³-hybridized carbons (Fsp3) is 0.385. The van der Waals surface area contributed by atoms with Gasteiger partial charge >= 0.3 is 5.97 Å². The maximum absolute atomic E-state index is 11.8. The highest BCUT2D eigenvalue weighted by Crippen LogP contribution is 2.32. The van der Waals surface area contributed by atoms with E-state index in [1.54, 1.807) is 0 Å². The molecule has 1 aliphatic heterocycles. The van der Waals surface area contributed by atoms with Crippen LogP contribution in [0.2, 0.25) is 0 Å². The first kappa shape index (κ1) is 12.1. The van der Waals surface area contributed by atoms with Gasteiger partial charge < -0.3 is 19.6 Å². The van der Waals surface area contributed by atoms with Crippen molar-refractivity contribution in [1.29, 1.82) is 0 Å². The largest absolute Gasteiger partial charge is 0.464 e. The monoisotopic (exact) mass is 261 g/mol. The van der Waals surface area contributed by atoms with Crippen LogP contribution < -0.4 is 5.73 Å². The Kier molecular flexibility index (Phi) is 2.76. The van der Waals surface area contributed by atoms with Crippen molar-refractivity contribution in [2.45, 2.75) is 5.41 Å². The van der Waals surface area contributed by atoms with Gasteiger partial charge in [0.2, 0.25) is 0 Å². The second-order valence-electron chi connectivity index (χ2n) is 4.71. The second kappa shape index (κ2) is 4.32. The molecule has 6 nitrogen and oxygen atoms in total. The number of nitrogens with two attached hydrogens (primary N) is 1. The van der Waals surface area contributed by atoms with E-state index in [0.29, 0.717) is 25.5 Å². The lowest BCUT2D eigenvalue weighted by Gasteiger charge is -2.39. The molecule has 0 unspecified atom stereocenters. The van der Waals surface area contributed by atoms with Crippen LogP contribution >= 0.6 is 0 Å². The van der Waals surface area contributed by atoms with Gasteiger partial charge in [0.1, 0.15) is 5.82 Å². The van der Waals surface area contributed by atoms with Gasteiger partial charge in [-0.3, -0.25) is 0 Å². The number of nitrogens with zero attached hydrogens (tertiary/aromatic N) is 2. The van der Waals surface area contributed by atoms with Crippen molar-refractivity contribution in [3.63, 3.8) is 0 Å². The Morgan fingerprint density at radius 1 is 1.58 bits per heavy atom. The smallest absolute Gasteiger partial charge is 0.358 e. The third-order valence-corrected chi connectivity index (χ3v) is 3.55. The van der Waals surface area contributed by atoms with E-state index in [-0.39, 0.29) is 5.41 Å². The molecule has 0 aromatic carbocycles. The molecule has 2 aromatic heterocycles. The molecule has 0 spiro atoms. The summed E-state index contributed by atoms with van der Waals surface area (Å²) in [4.78, 5) is 16.3. The van der Waals surface area contributed by atoms with Gasteiger partial charge in [0.05, 0.1) is 31.3 Å². The first-order valence-corrected chi connectivity index (χ1v) is 6.05. The molecular formula is C13H15N3O3. The first-order chi connectivity index (χ1) is 9.22. The van der Waals surface area contributed by atoms with Crippen LogP contribution in [-0.4, -0.2) is 42.2 Å². The Bertz CT molecular complexity index is 626. The summed E-state index contributed by atoms with van der Waals surface area (Å²) in [6.45, 7) is 1.48. The van der Waals surface area contributed by atoms with Gasteiger partial charge in [-0.15, -0.1) is 0 Å². The lowest BCUT2D eigenvalue weighted by Crippen LogP contribution is -2.53. The summed E-state index contributed by atoms with van der Waals surface area (Å²) >= 11 is 0. The van der Waals surface area contributed by atoms with Crippen molar-refractivity contribution in [3.8, 4) is 0 Å². The lowest BCUT2D eigenvalue weighted by molar-refractivity contribution is -0.0596. The summed E-state index contributed by atoms with van der Waals surface area (Å²) in [6.07, 6.45) is 1.87. The number of hydrogen-bond donors (Lipinski definition) is 1. The van der Waals surface area contributed by atoms with E-state index in [1.807, 2.05) is 28.8 Å². The molecule has 0 aliphatic carbocycles. The van der Waals surface area contributed by atoms with E-state index in [1.165, 1.54) is 7.11 Å². The molecule has 1 saturated heterocycles. The number of hydrogen-bond acceptors (Lipinski definition) is 5. The van der Waals surface area contributed by atoms with Crippen molar-refractivity contribution >= 4 is 11.5 Å². The van der Waals surface area contributed by atoms with E-state index in [2.05, 4.69) is 4.98 Å². The number of carbonyl (C=O) groups is 1. The van der Waals surface area contributed by atoms with E-state index in [9.17, 15) is 4.79 Å². The summed E-state index contributed by atoms with van der Waals surface area (Å²) in [6, 6.07) is 5.59. The molecule has 100 valence electrons. The summed E-state index contributed by atoms with van der Waals surface area (Å²) < 4.78 is 11.9. The van der Waals surface area contributed by atoms with E-state index < -0.39 is 5.97 Å². The zero-order valence-corrected chi connectivity index (χ0v) is 10.6. The minimum Gasteiger partial charge on any atom is -0.464 e. The normalized spacial score (nSPS) is 17.2. The van der Waals surface area contributed by atoms with Crippen LogP contribution in [0.5, 0.6) is 0 Å². The van der Waals surface area contributed by atoms with Crippen LogP contribution in [0.25, 0.3) is 5.52 Å². The Balaban J connectivity index is 2.23. The maximum atomic E-state index is 11.8. The summed E-state index contributed by atoms with van der Waals surface area (Å²) in [5.41, 5.74) is 6.59. The zero-order valence-electron chi connectivity index (χ0n) is 10.6. The van der Waals surface area contributed by atoms with Gasteiger partial charge in [0.15, 0.2) is 5.69 Å². The highest BCUT2D eigenvalue weighted by molar-refractivity contribution is 5.95. The number of pyridine rings is 1. The van der Waals surface area contributed by atoms with Crippen LogP contribution in [0.3, 0.4) is 0 Å². The minimum atomic E-state index is -0.442. The highest BCUT2D eigenvalue weighted by Gasteiger charge is 2.43. The van der Waals surface area contributed by atoms with Crippen LogP contribution in [-0.2, 0) is 14.9 Å². The highest BCUT2D eigenvalue weighted by atomic mass is 16.5. The molecular weight excluding hydrogens is 246 g/mol. The molecule has 0 atom stereocenters. The fourth-order valence-corrected chi connectivity index (χ4v) is 2.35. The van der Waals surface area contributed by atoms with Gasteiger partial charge in [-0.1, -0.05) is 6.07 Å². The van der Waals surface area contributed by atoms with Crippen LogP contribution in [0.15, 0.2) is 24.4 Å². The number of esters is 1. The molecule has 0 saturated carbocycles. The topological polar surface area (TPSA) is 78.8 Å². The predicted octanol–water partition coefficient (Wildman–Crippen LogP) is 0.348. The third kappa shape index (κ3) is 1.64. The second-order valence-corrected chi connectivity index (χ2v) is 4.71. The molecule has 3 heterocycles. The van der Waals surface area contributed by atoms with Crippen molar-refractivity contribution < 1.29 is 14.3 Å². The SMILES string of the molecule is COC(=O)c1nc(C2(CN)COC2)n2ccccc12. The fourth-order valence-electron chi connectivity index (χ4n) is 2.35. The Morgan fingerprint density at radius 3 is 2.95 bits per heavy atom. The zero-order chi connectivity index (χ0) is 13.5. The molecule has 2 aromatic rings. The molecule has 0 amide bonds. The minimum absolute atomic E-state index is 0.309. The number of rotatable bonds is 3. The van der Waals surface area contributed by atoms with E-state index in [0.717, 1.165) is 11.3 Å². The number of carbonyl (C=O) groups excluding carboxylic acids is 1. The summed E-state index contributed by atoms with van der Waals surface area (Å²) in [5, 5.41) is 0. The molecule has 19 heavy (non-hydrogen) atoms. The van der Waals surface area contributed by atoms with Crippen LogP contribution in [0.4, 0.5) is 0 Å². The average molecular weight is 261 g/mol. The van der Waals surface area contributed by atoms with Crippen molar-refractivity contribution in [3.05, 3.63) is 35.9 Å². The number of methoxy groups -OCH3 is 1. The first-order valence-electron chi connectivity index (χ1n) is 6.05. The molecule has 0 radical (unpaired) electrons. The Labute approximate surface area is 110 Å². The molecule has 0 bridgehead atoms. The number of fused-ring (bicyclic) bond motifs is 1. The summed E-state index contributed by atoms with van der Waals surface area (Å²) in [5.74, 6) is 0.319. The number of imidazole rings is 1. The summed E-state index contributed by atoms with van der Waals surface area (Å²) in [7, 11) is 1.35. The van der Waals surface area contributed by atoms with Gasteiger partial charge in [0.25, 0.3) is 0 Å². The molecule has 3 rings (SSSR count). The van der Waals surface area contributed by atoms with Crippen molar-refractivity contribution in [1.82, 2.24) is 9.38 Å². The molecule has 6 heteroatoms. The Morgan fingerprint density at radius 2 is 2.37 bits per heavy atom. The number of aromatic nitrogens is 2. The van der Waals surface area contributed by atoms with Crippen molar-refractivity contribution in [2.24, 2.45) is 5.73 Å². The predicted molar refractivity (Wildman–Crippen MR) is 68.1 cm³/mol. The van der Waals surface area contributed by atoms with E-state index >= 15 is 0 Å². The van der Waals surface area contributed by atoms with Gasteiger partial charge in [-0.05, 0) is 12.1 Å². The van der Waals surface area contributed by atoms with Gasteiger partial charge in [-0.25, -0.2) is 9.78 Å². The molecule has 1 fully saturated rings. The van der Waals surface area contributed by atoms with Gasteiger partial charge in [-0.2, -0.15) is 0 Å². The Hall–Kier alpha value is -1.92. The average Bonchev–Trinajstić information content (AvgIpc) is 2.78. The van der Waals surface area contributed by atoms with E-state index in [4.69, 9.17) is 15.2 Å². The quantitative estimate of drug-likeness (QED) is 0.806. The maximum Gasteiger partial charge on any atom is 0.358 e.